The van der Waals surface area contributed by atoms with Gasteiger partial charge >= 0.3 is 6.61 Å². The molecular formula is C13H16BrF2NO2. The number of benzene rings is 1. The Hall–Kier alpha value is -0.720. The van der Waals surface area contributed by atoms with Gasteiger partial charge in [0.2, 0.25) is 0 Å². The number of halogens is 3. The van der Waals surface area contributed by atoms with Gasteiger partial charge in [0.05, 0.1) is 6.10 Å². The zero-order chi connectivity index (χ0) is 13.8. The van der Waals surface area contributed by atoms with Crippen LogP contribution in [0.15, 0.2) is 22.7 Å². The molecule has 106 valence electrons. The first-order valence-electron chi connectivity index (χ1n) is 6.18. The molecule has 1 saturated heterocycles. The van der Waals surface area contributed by atoms with Crippen LogP contribution in [0.1, 0.15) is 18.4 Å². The van der Waals surface area contributed by atoms with Crippen molar-refractivity contribution in [3.63, 3.8) is 0 Å². The van der Waals surface area contributed by atoms with Crippen LogP contribution in [0, 0.1) is 0 Å². The van der Waals surface area contributed by atoms with Gasteiger partial charge in [0.25, 0.3) is 0 Å². The first kappa shape index (κ1) is 14.7. The molecule has 2 rings (SSSR count). The molecule has 1 aromatic carbocycles. The van der Waals surface area contributed by atoms with Crippen LogP contribution in [0.5, 0.6) is 5.75 Å². The van der Waals surface area contributed by atoms with E-state index in [1.54, 1.807) is 12.1 Å². The standard InChI is InChI=1S/C13H16BrF2NO2/c14-10-3-4-12(19-13(15)16)9(6-10)7-17-5-1-2-11(18)8-17/h3-4,6,11,13,18H,1-2,5,7-8H2. The molecule has 3 nitrogen and oxygen atoms in total. The molecule has 1 aromatic rings. The Labute approximate surface area is 119 Å². The van der Waals surface area contributed by atoms with E-state index in [-0.39, 0.29) is 11.9 Å². The van der Waals surface area contributed by atoms with Gasteiger partial charge in [-0.15, -0.1) is 0 Å². The highest BCUT2D eigenvalue weighted by Crippen LogP contribution is 2.27. The zero-order valence-corrected chi connectivity index (χ0v) is 11.9. The number of rotatable bonds is 4. The highest BCUT2D eigenvalue weighted by atomic mass is 79.9. The highest BCUT2D eigenvalue weighted by Gasteiger charge is 2.19. The fourth-order valence-corrected chi connectivity index (χ4v) is 2.71. The number of likely N-dealkylation sites (tertiary alicyclic amines) is 1. The molecule has 1 N–H and O–H groups in total. The lowest BCUT2D eigenvalue weighted by Crippen LogP contribution is -2.37. The lowest BCUT2D eigenvalue weighted by atomic mass is 10.1. The van der Waals surface area contributed by atoms with E-state index in [1.807, 2.05) is 4.90 Å². The third-order valence-corrected chi connectivity index (χ3v) is 3.61. The number of piperidine rings is 1. The summed E-state index contributed by atoms with van der Waals surface area (Å²) in [6.45, 7) is -0.900. The van der Waals surface area contributed by atoms with Gasteiger partial charge in [0.1, 0.15) is 5.75 Å². The Bertz CT molecular complexity index is 431. The average molecular weight is 336 g/mol. The SMILES string of the molecule is OC1CCCN(Cc2cc(Br)ccc2OC(F)F)C1. The molecule has 1 aliphatic rings. The molecule has 0 amide bonds. The minimum absolute atomic E-state index is 0.193. The van der Waals surface area contributed by atoms with Crippen molar-refractivity contribution in [2.24, 2.45) is 0 Å². The molecule has 0 saturated carbocycles. The number of ether oxygens (including phenoxy) is 1. The van der Waals surface area contributed by atoms with Crippen molar-refractivity contribution in [2.45, 2.75) is 32.1 Å². The number of nitrogens with zero attached hydrogens (tertiary/aromatic N) is 1. The third kappa shape index (κ3) is 4.40. The average Bonchev–Trinajstić information content (AvgIpc) is 2.32. The van der Waals surface area contributed by atoms with Crippen molar-refractivity contribution in [3.8, 4) is 5.75 Å². The van der Waals surface area contributed by atoms with Gasteiger partial charge in [0.15, 0.2) is 0 Å². The molecule has 0 aliphatic carbocycles. The van der Waals surface area contributed by atoms with Crippen molar-refractivity contribution >= 4 is 15.9 Å². The fraction of sp³-hybridized carbons (Fsp3) is 0.538. The van der Waals surface area contributed by atoms with E-state index < -0.39 is 6.61 Å². The molecule has 1 atom stereocenters. The van der Waals surface area contributed by atoms with Crippen LogP contribution in [0.2, 0.25) is 0 Å². The van der Waals surface area contributed by atoms with Gasteiger partial charge in [-0.1, -0.05) is 15.9 Å². The van der Waals surface area contributed by atoms with Crippen molar-refractivity contribution in [3.05, 3.63) is 28.2 Å². The molecule has 1 heterocycles. The number of hydrogen-bond donors (Lipinski definition) is 1. The first-order valence-corrected chi connectivity index (χ1v) is 6.97. The van der Waals surface area contributed by atoms with Crippen molar-refractivity contribution in [1.29, 1.82) is 0 Å². The predicted octanol–water partition coefficient (Wildman–Crippen LogP) is 3.01. The monoisotopic (exact) mass is 335 g/mol. The second kappa shape index (κ2) is 6.63. The molecule has 0 spiro atoms. The van der Waals surface area contributed by atoms with E-state index in [9.17, 15) is 13.9 Å². The maximum Gasteiger partial charge on any atom is 0.387 e. The largest absolute Gasteiger partial charge is 0.434 e. The summed E-state index contributed by atoms with van der Waals surface area (Å²) in [6, 6.07) is 4.98. The number of alkyl halides is 2. The fourth-order valence-electron chi connectivity index (χ4n) is 2.30. The second-order valence-corrected chi connectivity index (χ2v) is 5.58. The second-order valence-electron chi connectivity index (χ2n) is 4.66. The minimum atomic E-state index is -2.83. The maximum atomic E-state index is 12.4. The van der Waals surface area contributed by atoms with Crippen molar-refractivity contribution in [2.75, 3.05) is 13.1 Å². The van der Waals surface area contributed by atoms with Gasteiger partial charge in [-0.05, 0) is 37.6 Å². The Morgan fingerprint density at radius 2 is 2.26 bits per heavy atom. The van der Waals surface area contributed by atoms with E-state index in [4.69, 9.17) is 0 Å². The number of aliphatic hydroxyl groups excluding tert-OH is 1. The summed E-state index contributed by atoms with van der Waals surface area (Å²) >= 11 is 3.33. The molecule has 6 heteroatoms. The Balaban J connectivity index is 2.10. The number of β-amino-alcohol motifs (C(OH)–C–C–N with tert-alkyl or cyclic N) is 1. The number of aliphatic hydroxyl groups is 1. The van der Waals surface area contributed by atoms with Gasteiger partial charge < -0.3 is 9.84 Å². The minimum Gasteiger partial charge on any atom is -0.434 e. The molecule has 0 bridgehead atoms. The zero-order valence-electron chi connectivity index (χ0n) is 10.4. The Morgan fingerprint density at radius 1 is 1.47 bits per heavy atom. The van der Waals surface area contributed by atoms with Gasteiger partial charge in [-0.3, -0.25) is 4.90 Å². The highest BCUT2D eigenvalue weighted by molar-refractivity contribution is 9.10. The summed E-state index contributed by atoms with van der Waals surface area (Å²) in [6.07, 6.45) is 1.38. The summed E-state index contributed by atoms with van der Waals surface area (Å²) in [4.78, 5) is 2.05. The summed E-state index contributed by atoms with van der Waals surface area (Å²) < 4.78 is 30.1. The van der Waals surface area contributed by atoms with Crippen molar-refractivity contribution < 1.29 is 18.6 Å². The Kier molecular flexibility index (Phi) is 5.13. The molecule has 19 heavy (non-hydrogen) atoms. The number of hydrogen-bond acceptors (Lipinski definition) is 3. The van der Waals surface area contributed by atoms with Crippen LogP contribution in [0.25, 0.3) is 0 Å². The molecule has 0 radical (unpaired) electrons. The molecule has 1 unspecified atom stereocenters. The topological polar surface area (TPSA) is 32.7 Å². The third-order valence-electron chi connectivity index (χ3n) is 3.11. The Morgan fingerprint density at radius 3 is 2.95 bits per heavy atom. The quantitative estimate of drug-likeness (QED) is 0.918. The normalized spacial score (nSPS) is 20.8. The van der Waals surface area contributed by atoms with E-state index in [0.29, 0.717) is 18.7 Å². The summed E-state index contributed by atoms with van der Waals surface area (Å²) in [7, 11) is 0. The van der Waals surface area contributed by atoms with Crippen LogP contribution < -0.4 is 4.74 Å². The first-order chi connectivity index (χ1) is 9.04. The lowest BCUT2D eigenvalue weighted by molar-refractivity contribution is -0.0510. The lowest BCUT2D eigenvalue weighted by Gasteiger charge is -2.30. The van der Waals surface area contributed by atoms with Crippen LogP contribution in [-0.2, 0) is 6.54 Å². The summed E-state index contributed by atoms with van der Waals surface area (Å²) in [5, 5.41) is 9.62. The molecule has 1 aliphatic heterocycles. The van der Waals surface area contributed by atoms with E-state index in [1.165, 1.54) is 6.07 Å². The molecule has 1 fully saturated rings. The summed E-state index contributed by atoms with van der Waals surface area (Å²) in [5.74, 6) is 0.193. The van der Waals surface area contributed by atoms with Gasteiger partial charge in [0, 0.05) is 23.1 Å². The van der Waals surface area contributed by atoms with Crippen molar-refractivity contribution in [1.82, 2.24) is 4.90 Å². The summed E-state index contributed by atoms with van der Waals surface area (Å²) in [5.41, 5.74) is 0.698. The van der Waals surface area contributed by atoms with Crippen LogP contribution in [0.3, 0.4) is 0 Å². The van der Waals surface area contributed by atoms with E-state index >= 15 is 0 Å². The molecular weight excluding hydrogens is 320 g/mol. The molecule has 0 aromatic heterocycles. The van der Waals surface area contributed by atoms with Gasteiger partial charge in [-0.25, -0.2) is 0 Å². The van der Waals surface area contributed by atoms with Crippen LogP contribution >= 0.6 is 15.9 Å². The van der Waals surface area contributed by atoms with E-state index in [2.05, 4.69) is 20.7 Å². The van der Waals surface area contributed by atoms with Crippen LogP contribution in [-0.4, -0.2) is 35.8 Å². The maximum absolute atomic E-state index is 12.4. The predicted molar refractivity (Wildman–Crippen MR) is 71.3 cm³/mol. The van der Waals surface area contributed by atoms with Gasteiger partial charge in [-0.2, -0.15) is 8.78 Å². The van der Waals surface area contributed by atoms with E-state index in [0.717, 1.165) is 23.9 Å². The van der Waals surface area contributed by atoms with Crippen LogP contribution in [0.4, 0.5) is 8.78 Å². The smallest absolute Gasteiger partial charge is 0.387 e.